The Bertz CT molecular complexity index is 812. The zero-order valence-electron chi connectivity index (χ0n) is 15.0. The third-order valence-corrected chi connectivity index (χ3v) is 6.96. The van der Waals surface area contributed by atoms with Gasteiger partial charge in [-0.05, 0) is 43.9 Å². The lowest BCUT2D eigenvalue weighted by molar-refractivity contribution is -0.127. The molecule has 0 bridgehead atoms. The van der Waals surface area contributed by atoms with Gasteiger partial charge in [-0.15, -0.1) is 0 Å². The van der Waals surface area contributed by atoms with Crippen LogP contribution >= 0.6 is 0 Å². The van der Waals surface area contributed by atoms with Crippen LogP contribution < -0.4 is 16.8 Å². The summed E-state index contributed by atoms with van der Waals surface area (Å²) in [5.41, 5.74) is 4.31. The van der Waals surface area contributed by atoms with Crippen molar-refractivity contribution in [1.82, 2.24) is 15.0 Å². The number of fused-ring (bicyclic) bond motifs is 1. The van der Waals surface area contributed by atoms with Gasteiger partial charge in [-0.2, -0.15) is 0 Å². The smallest absolute Gasteiger partial charge is 0.272 e. The van der Waals surface area contributed by atoms with E-state index in [2.05, 4.69) is 5.43 Å². The Morgan fingerprint density at radius 3 is 2.81 bits per heavy atom. The summed E-state index contributed by atoms with van der Waals surface area (Å²) in [4.78, 5) is 30.5. The number of nitrogens with zero attached hydrogens (tertiary/aromatic N) is 2. The number of carbonyl (C=O) groups excluding carboxylic acids is 1. The molecule has 1 amide bonds. The topological polar surface area (TPSA) is 99.2 Å². The van der Waals surface area contributed by atoms with Crippen LogP contribution in [0, 0.1) is 17.3 Å². The number of hydrazine groups is 1. The Kier molecular flexibility index (Phi) is 3.72. The van der Waals surface area contributed by atoms with Crippen molar-refractivity contribution in [2.75, 3.05) is 6.61 Å². The van der Waals surface area contributed by atoms with Gasteiger partial charge in [0.1, 0.15) is 5.69 Å². The van der Waals surface area contributed by atoms with E-state index in [-0.39, 0.29) is 17.4 Å². The quantitative estimate of drug-likeness (QED) is 0.465. The van der Waals surface area contributed by atoms with Crippen LogP contribution in [0.5, 0.6) is 0 Å². The van der Waals surface area contributed by atoms with Crippen LogP contribution in [-0.2, 0) is 29.1 Å². The van der Waals surface area contributed by atoms with Crippen molar-refractivity contribution in [3.63, 3.8) is 0 Å². The maximum Gasteiger partial charge on any atom is 0.272 e. The van der Waals surface area contributed by atoms with E-state index in [0.29, 0.717) is 37.2 Å². The Balaban J connectivity index is 1.56. The summed E-state index contributed by atoms with van der Waals surface area (Å²) < 4.78 is 7.55. The van der Waals surface area contributed by atoms with E-state index < -0.39 is 5.41 Å². The molecule has 2 unspecified atom stereocenters. The summed E-state index contributed by atoms with van der Waals surface area (Å²) in [6.07, 6.45) is 7.15. The maximum absolute atomic E-state index is 13.3. The molecule has 7 nitrogen and oxygen atoms in total. The molecular weight excluding hydrogens is 332 g/mol. The molecule has 140 valence electrons. The monoisotopic (exact) mass is 358 g/mol. The van der Waals surface area contributed by atoms with E-state index in [0.717, 1.165) is 37.2 Å². The Labute approximate surface area is 152 Å². The zero-order chi connectivity index (χ0) is 17.9. The predicted molar refractivity (Wildman–Crippen MR) is 94.0 cm³/mol. The third-order valence-electron chi connectivity index (χ3n) is 6.96. The van der Waals surface area contributed by atoms with Crippen molar-refractivity contribution in [3.8, 4) is 0 Å². The number of amides is 1. The molecule has 0 aromatic carbocycles. The van der Waals surface area contributed by atoms with Gasteiger partial charge in [0.05, 0.1) is 24.3 Å². The first kappa shape index (κ1) is 16.4. The lowest BCUT2D eigenvalue weighted by Crippen LogP contribution is -2.40. The molecule has 3 fully saturated rings. The minimum Gasteiger partial charge on any atom is -0.375 e. The molecule has 0 saturated heterocycles. The zero-order valence-corrected chi connectivity index (χ0v) is 15.0. The van der Waals surface area contributed by atoms with Crippen molar-refractivity contribution in [3.05, 3.63) is 27.4 Å². The highest BCUT2D eigenvalue weighted by atomic mass is 16.5. The number of hydrogen-bond acceptors (Lipinski definition) is 5. The van der Waals surface area contributed by atoms with Crippen LogP contribution in [-0.4, -0.2) is 22.1 Å². The Morgan fingerprint density at radius 1 is 1.35 bits per heavy atom. The fraction of sp³-hybridized carbons (Fsp3) is 0.737. The summed E-state index contributed by atoms with van der Waals surface area (Å²) in [6, 6.07) is 0. The van der Waals surface area contributed by atoms with Gasteiger partial charge in [0.15, 0.2) is 0 Å². The van der Waals surface area contributed by atoms with Gasteiger partial charge < -0.3 is 9.30 Å². The molecule has 4 aliphatic rings. The largest absolute Gasteiger partial charge is 0.375 e. The molecule has 1 aromatic heterocycles. The average Bonchev–Trinajstić information content (AvgIpc) is 3.51. The molecule has 3 saturated carbocycles. The van der Waals surface area contributed by atoms with Gasteiger partial charge in [-0.1, -0.05) is 6.42 Å². The minimum absolute atomic E-state index is 0.00916. The Morgan fingerprint density at radius 2 is 2.15 bits per heavy atom. The van der Waals surface area contributed by atoms with Crippen LogP contribution in [0.3, 0.4) is 0 Å². The first-order chi connectivity index (χ1) is 12.6. The Hall–Kier alpha value is -1.73. The number of nitrogens with one attached hydrogen (secondary N) is 1. The summed E-state index contributed by atoms with van der Waals surface area (Å²) >= 11 is 0. The predicted octanol–water partition coefficient (Wildman–Crippen LogP) is 0.990. The summed E-state index contributed by atoms with van der Waals surface area (Å²) in [5.74, 6) is 6.14. The molecule has 0 spiro atoms. The molecule has 1 aliphatic heterocycles. The van der Waals surface area contributed by atoms with Crippen LogP contribution in [0.4, 0.5) is 0 Å². The number of hydrogen-bond donors (Lipinski definition) is 2. The number of carbonyl (C=O) groups is 1. The van der Waals surface area contributed by atoms with Gasteiger partial charge in [0.2, 0.25) is 5.91 Å². The van der Waals surface area contributed by atoms with Gasteiger partial charge >= 0.3 is 0 Å². The maximum atomic E-state index is 13.3. The molecule has 3 aliphatic carbocycles. The normalized spacial score (nSPS) is 30.4. The second-order valence-electron chi connectivity index (χ2n) is 8.45. The molecule has 2 atom stereocenters. The standard InChI is InChI=1S/C19H26N4O3/c20-22-18(25)19(12-4-5-12)8-13(19)16-17(24)23(9-11-2-1-3-11)15-6-7-26-10-14(15)21-16/h11-13H,1-10,20H2,(H,22,25). The fourth-order valence-electron chi connectivity index (χ4n) is 5.00. The van der Waals surface area contributed by atoms with Crippen molar-refractivity contribution >= 4 is 5.91 Å². The summed E-state index contributed by atoms with van der Waals surface area (Å²) in [5, 5.41) is 0. The number of ether oxygens (including phenoxy) is 1. The SMILES string of the molecule is NNC(=O)C1(C2CC2)CC1c1nc2c(n(CC3CCC3)c1=O)CCOC2. The molecule has 5 rings (SSSR count). The first-order valence-electron chi connectivity index (χ1n) is 9.86. The van der Waals surface area contributed by atoms with Crippen molar-refractivity contribution in [2.45, 2.75) is 64.0 Å². The lowest BCUT2D eigenvalue weighted by atomic mass is 9.85. The van der Waals surface area contributed by atoms with Crippen molar-refractivity contribution in [1.29, 1.82) is 0 Å². The highest BCUT2D eigenvalue weighted by Crippen LogP contribution is 2.69. The molecule has 3 N–H and O–H groups in total. The van der Waals surface area contributed by atoms with Gasteiger partial charge in [-0.3, -0.25) is 15.0 Å². The van der Waals surface area contributed by atoms with Crippen LogP contribution in [0.25, 0.3) is 0 Å². The first-order valence-corrected chi connectivity index (χ1v) is 9.86. The van der Waals surface area contributed by atoms with E-state index in [4.69, 9.17) is 15.6 Å². The number of aromatic nitrogens is 2. The molecule has 2 heterocycles. The number of rotatable bonds is 5. The molecule has 1 aromatic rings. The van der Waals surface area contributed by atoms with E-state index in [1.54, 1.807) is 0 Å². The van der Waals surface area contributed by atoms with E-state index in [1.165, 1.54) is 19.3 Å². The van der Waals surface area contributed by atoms with Gasteiger partial charge in [-0.25, -0.2) is 10.8 Å². The van der Waals surface area contributed by atoms with E-state index >= 15 is 0 Å². The van der Waals surface area contributed by atoms with Crippen molar-refractivity contribution in [2.24, 2.45) is 23.1 Å². The van der Waals surface area contributed by atoms with E-state index in [9.17, 15) is 9.59 Å². The summed E-state index contributed by atoms with van der Waals surface area (Å²) in [6.45, 7) is 1.88. The molecule has 26 heavy (non-hydrogen) atoms. The van der Waals surface area contributed by atoms with Gasteiger partial charge in [0, 0.05) is 24.6 Å². The summed E-state index contributed by atoms with van der Waals surface area (Å²) in [7, 11) is 0. The number of nitrogens with two attached hydrogens (primary N) is 1. The van der Waals surface area contributed by atoms with Crippen LogP contribution in [0.2, 0.25) is 0 Å². The fourth-order valence-corrected chi connectivity index (χ4v) is 5.00. The average molecular weight is 358 g/mol. The highest BCUT2D eigenvalue weighted by Gasteiger charge is 2.68. The highest BCUT2D eigenvalue weighted by molar-refractivity contribution is 5.87. The minimum atomic E-state index is -0.515. The third kappa shape index (κ3) is 2.36. The lowest BCUT2D eigenvalue weighted by Gasteiger charge is -2.29. The second kappa shape index (κ2) is 5.89. The van der Waals surface area contributed by atoms with Crippen LogP contribution in [0.15, 0.2) is 4.79 Å². The molecular formula is C19H26N4O3. The van der Waals surface area contributed by atoms with E-state index in [1.807, 2.05) is 4.57 Å². The van der Waals surface area contributed by atoms with Gasteiger partial charge in [0.25, 0.3) is 5.56 Å². The van der Waals surface area contributed by atoms with Crippen LogP contribution in [0.1, 0.15) is 61.5 Å². The molecule has 7 heteroatoms. The molecule has 0 radical (unpaired) electrons. The second-order valence-corrected chi connectivity index (χ2v) is 8.45. The van der Waals surface area contributed by atoms with Crippen molar-refractivity contribution < 1.29 is 9.53 Å².